The third kappa shape index (κ3) is 5.82. The summed E-state index contributed by atoms with van der Waals surface area (Å²) >= 11 is 6.29. The highest BCUT2D eigenvalue weighted by molar-refractivity contribution is 6.56. The Morgan fingerprint density at radius 2 is 1.77 bits per heavy atom. The summed E-state index contributed by atoms with van der Waals surface area (Å²) in [6.45, 7) is 8.10. The van der Waals surface area contributed by atoms with Crippen LogP contribution in [0, 0.1) is 0 Å². The molecule has 0 radical (unpaired) electrons. The SMILES string of the molecule is CC1(C)OB(C(=Cc2cc(O)ccc2Cl)CNC(=O)OCc2ccccc2)OC1(C)C. The Hall–Kier alpha value is -2.48. The van der Waals surface area contributed by atoms with E-state index in [1.807, 2.05) is 58.0 Å². The highest BCUT2D eigenvalue weighted by Crippen LogP contribution is 2.39. The van der Waals surface area contributed by atoms with Gasteiger partial charge >= 0.3 is 13.2 Å². The molecule has 0 aromatic heterocycles. The van der Waals surface area contributed by atoms with Crippen molar-refractivity contribution in [1.29, 1.82) is 0 Å². The van der Waals surface area contributed by atoms with Crippen molar-refractivity contribution in [2.45, 2.75) is 45.5 Å². The van der Waals surface area contributed by atoms with Crippen molar-refractivity contribution >= 4 is 30.9 Å². The molecule has 164 valence electrons. The van der Waals surface area contributed by atoms with E-state index in [9.17, 15) is 9.90 Å². The Labute approximate surface area is 188 Å². The van der Waals surface area contributed by atoms with E-state index >= 15 is 0 Å². The molecule has 0 spiro atoms. The van der Waals surface area contributed by atoms with E-state index in [1.54, 1.807) is 18.2 Å². The van der Waals surface area contributed by atoms with Crippen molar-refractivity contribution in [3.05, 3.63) is 70.2 Å². The molecule has 1 saturated heterocycles. The maximum atomic E-state index is 12.3. The van der Waals surface area contributed by atoms with Gasteiger partial charge in [-0.15, -0.1) is 0 Å². The van der Waals surface area contributed by atoms with E-state index in [1.165, 1.54) is 6.07 Å². The molecule has 3 rings (SSSR count). The van der Waals surface area contributed by atoms with Gasteiger partial charge in [-0.05, 0) is 62.5 Å². The Balaban J connectivity index is 1.75. The van der Waals surface area contributed by atoms with Crippen LogP contribution in [0.3, 0.4) is 0 Å². The molecule has 1 amide bonds. The van der Waals surface area contributed by atoms with Crippen LogP contribution in [-0.4, -0.2) is 36.1 Å². The smallest absolute Gasteiger partial charge is 0.492 e. The van der Waals surface area contributed by atoms with E-state index < -0.39 is 24.4 Å². The van der Waals surface area contributed by atoms with Gasteiger partial charge in [0.2, 0.25) is 0 Å². The van der Waals surface area contributed by atoms with Crippen molar-refractivity contribution in [3.8, 4) is 5.75 Å². The second kappa shape index (κ2) is 9.34. The zero-order valence-electron chi connectivity index (χ0n) is 18.1. The number of phenols is 1. The van der Waals surface area contributed by atoms with Crippen molar-refractivity contribution in [3.63, 3.8) is 0 Å². The van der Waals surface area contributed by atoms with Gasteiger partial charge < -0.3 is 24.5 Å². The molecule has 1 aliphatic rings. The number of nitrogens with one attached hydrogen (secondary N) is 1. The molecule has 0 atom stereocenters. The number of benzene rings is 2. The molecule has 2 aromatic carbocycles. The highest BCUT2D eigenvalue weighted by Gasteiger charge is 2.52. The van der Waals surface area contributed by atoms with E-state index in [2.05, 4.69) is 5.32 Å². The molecule has 31 heavy (non-hydrogen) atoms. The summed E-state index contributed by atoms with van der Waals surface area (Å²) in [6, 6.07) is 14.1. The van der Waals surface area contributed by atoms with E-state index in [-0.39, 0.29) is 18.9 Å². The Kier molecular flexibility index (Phi) is 6.99. The van der Waals surface area contributed by atoms with Crippen LogP contribution in [-0.2, 0) is 20.7 Å². The highest BCUT2D eigenvalue weighted by atomic mass is 35.5. The fourth-order valence-electron chi connectivity index (χ4n) is 2.99. The number of hydrogen-bond donors (Lipinski definition) is 2. The summed E-state index contributed by atoms with van der Waals surface area (Å²) in [6.07, 6.45) is 1.19. The van der Waals surface area contributed by atoms with E-state index in [0.29, 0.717) is 16.1 Å². The van der Waals surface area contributed by atoms with Crippen LogP contribution in [0.15, 0.2) is 54.0 Å². The third-order valence-electron chi connectivity index (χ3n) is 5.53. The fraction of sp³-hybridized carbons (Fsp3) is 0.348. The van der Waals surface area contributed by atoms with E-state index in [0.717, 1.165) is 5.56 Å². The van der Waals surface area contributed by atoms with Crippen LogP contribution < -0.4 is 5.32 Å². The average Bonchev–Trinajstić information content (AvgIpc) is 2.94. The molecule has 2 aromatic rings. The first kappa shape index (κ1) is 23.2. The number of ether oxygens (including phenoxy) is 1. The van der Waals surface area contributed by atoms with Crippen LogP contribution in [0.5, 0.6) is 5.75 Å². The summed E-state index contributed by atoms with van der Waals surface area (Å²) in [5, 5.41) is 13.0. The normalized spacial score (nSPS) is 17.5. The molecule has 1 fully saturated rings. The Morgan fingerprint density at radius 1 is 1.13 bits per heavy atom. The monoisotopic (exact) mass is 443 g/mol. The van der Waals surface area contributed by atoms with Gasteiger partial charge in [0.25, 0.3) is 0 Å². The number of carbonyl (C=O) groups is 1. The summed E-state index contributed by atoms with van der Waals surface area (Å²) in [5.74, 6) is 0.0825. The molecule has 1 aliphatic heterocycles. The zero-order valence-corrected chi connectivity index (χ0v) is 18.9. The molecule has 0 unspecified atom stereocenters. The number of rotatable bonds is 6. The van der Waals surface area contributed by atoms with Gasteiger partial charge in [0.1, 0.15) is 12.4 Å². The number of amides is 1. The first-order chi connectivity index (χ1) is 14.6. The molecule has 0 aliphatic carbocycles. The summed E-state index contributed by atoms with van der Waals surface area (Å²) < 4.78 is 17.6. The fourth-order valence-corrected chi connectivity index (χ4v) is 3.16. The van der Waals surface area contributed by atoms with Gasteiger partial charge in [0.05, 0.1) is 11.2 Å². The van der Waals surface area contributed by atoms with Gasteiger partial charge in [-0.3, -0.25) is 0 Å². The summed E-state index contributed by atoms with van der Waals surface area (Å²) in [4.78, 5) is 12.3. The van der Waals surface area contributed by atoms with Crippen LogP contribution in [0.25, 0.3) is 6.08 Å². The largest absolute Gasteiger partial charge is 0.508 e. The van der Waals surface area contributed by atoms with Crippen molar-refractivity contribution in [2.24, 2.45) is 0 Å². The molecule has 2 N–H and O–H groups in total. The number of aromatic hydroxyl groups is 1. The van der Waals surface area contributed by atoms with Crippen LogP contribution in [0.2, 0.25) is 5.02 Å². The predicted octanol–water partition coefficient (Wildman–Crippen LogP) is 4.99. The van der Waals surface area contributed by atoms with Crippen molar-refractivity contribution < 1.29 is 23.9 Å². The molecular weight excluding hydrogens is 417 g/mol. The minimum atomic E-state index is -0.696. The molecule has 0 saturated carbocycles. The maximum Gasteiger partial charge on any atom is 0.492 e. The van der Waals surface area contributed by atoms with Crippen LogP contribution in [0.1, 0.15) is 38.8 Å². The van der Waals surface area contributed by atoms with Gasteiger partial charge in [0.15, 0.2) is 0 Å². The lowest BCUT2D eigenvalue weighted by Gasteiger charge is -2.32. The molecule has 0 bridgehead atoms. The van der Waals surface area contributed by atoms with Gasteiger partial charge in [-0.2, -0.15) is 0 Å². The first-order valence-corrected chi connectivity index (χ1v) is 10.4. The quantitative estimate of drug-likeness (QED) is 0.615. The third-order valence-corrected chi connectivity index (χ3v) is 5.87. The lowest BCUT2D eigenvalue weighted by Crippen LogP contribution is -2.41. The maximum absolute atomic E-state index is 12.3. The topological polar surface area (TPSA) is 77.0 Å². The molecule has 8 heteroatoms. The molecular formula is C23H27BClNO5. The van der Waals surface area contributed by atoms with Crippen molar-refractivity contribution in [2.75, 3.05) is 6.54 Å². The minimum absolute atomic E-state index is 0.0825. The number of phenolic OH excluding ortho intramolecular Hbond substituents is 1. The first-order valence-electron chi connectivity index (χ1n) is 10.1. The second-order valence-electron chi connectivity index (χ2n) is 8.43. The van der Waals surface area contributed by atoms with Gasteiger partial charge in [0, 0.05) is 11.6 Å². The Bertz CT molecular complexity index is 946. The lowest BCUT2D eigenvalue weighted by molar-refractivity contribution is 0.00578. The predicted molar refractivity (Wildman–Crippen MR) is 122 cm³/mol. The molecule has 6 nitrogen and oxygen atoms in total. The number of hydrogen-bond acceptors (Lipinski definition) is 5. The number of alkyl carbamates (subject to hydrolysis) is 1. The zero-order chi connectivity index (χ0) is 22.6. The summed E-state index contributed by atoms with van der Waals surface area (Å²) in [7, 11) is -0.696. The summed E-state index contributed by atoms with van der Waals surface area (Å²) in [5.41, 5.74) is 1.03. The standard InChI is InChI=1S/C23H27BClNO5/c1-22(2)23(3,4)31-24(30-22)18(12-17-13-19(27)10-11-20(17)25)14-26-21(28)29-15-16-8-6-5-7-9-16/h5-13,27H,14-15H2,1-4H3,(H,26,28). The minimum Gasteiger partial charge on any atom is -0.508 e. The van der Waals surface area contributed by atoms with Crippen molar-refractivity contribution in [1.82, 2.24) is 5.32 Å². The average molecular weight is 444 g/mol. The van der Waals surface area contributed by atoms with Crippen LogP contribution >= 0.6 is 11.6 Å². The molecule has 1 heterocycles. The van der Waals surface area contributed by atoms with Gasteiger partial charge in [-0.25, -0.2) is 4.79 Å². The number of carbonyl (C=O) groups excluding carboxylic acids is 1. The Morgan fingerprint density at radius 3 is 2.42 bits per heavy atom. The van der Waals surface area contributed by atoms with Crippen LogP contribution in [0.4, 0.5) is 4.79 Å². The van der Waals surface area contributed by atoms with Gasteiger partial charge in [-0.1, -0.05) is 48.0 Å². The second-order valence-corrected chi connectivity index (χ2v) is 8.84. The number of halogens is 1. The lowest BCUT2D eigenvalue weighted by atomic mass is 9.77. The van der Waals surface area contributed by atoms with E-state index in [4.69, 9.17) is 25.6 Å².